The van der Waals surface area contributed by atoms with Gasteiger partial charge in [0.05, 0.1) is 16.7 Å². The number of ether oxygens (including phenoxy) is 1. The van der Waals surface area contributed by atoms with Gasteiger partial charge in [0.1, 0.15) is 11.4 Å². The van der Waals surface area contributed by atoms with E-state index >= 15 is 0 Å². The van der Waals surface area contributed by atoms with Gasteiger partial charge in [-0.3, -0.25) is 4.79 Å². The Balaban J connectivity index is 1.92. The van der Waals surface area contributed by atoms with Crippen molar-refractivity contribution < 1.29 is 9.53 Å². The Morgan fingerprint density at radius 2 is 2.14 bits per heavy atom. The van der Waals surface area contributed by atoms with Gasteiger partial charge in [-0.25, -0.2) is 4.98 Å². The Kier molecular flexibility index (Phi) is 4.20. The molecule has 0 unspecified atom stereocenters. The first kappa shape index (κ1) is 14.8. The van der Waals surface area contributed by atoms with E-state index in [0.717, 1.165) is 27.8 Å². The molecule has 0 spiro atoms. The maximum Gasteiger partial charge on any atom is 0.187 e. The van der Waals surface area contributed by atoms with Gasteiger partial charge in [0.15, 0.2) is 5.78 Å². The van der Waals surface area contributed by atoms with Gasteiger partial charge in [0.25, 0.3) is 0 Å². The highest BCUT2D eigenvalue weighted by Gasteiger charge is 2.21. The average molecular weight is 387 g/mol. The van der Waals surface area contributed by atoms with Crippen molar-refractivity contribution in [1.29, 1.82) is 0 Å². The fraction of sp³-hybridized carbons (Fsp3) is 0.200. The molecule has 0 N–H and O–H groups in total. The molecule has 1 aliphatic rings. The van der Waals surface area contributed by atoms with E-state index in [0.29, 0.717) is 11.6 Å². The van der Waals surface area contributed by atoms with Gasteiger partial charge in [-0.15, -0.1) is 0 Å². The van der Waals surface area contributed by atoms with Crippen LogP contribution in [0.2, 0.25) is 10.0 Å². The molecule has 1 aromatic carbocycles. The molecular weight excluding hydrogens is 377 g/mol. The maximum atomic E-state index is 12.4. The van der Waals surface area contributed by atoms with Crippen LogP contribution in [-0.2, 0) is 12.8 Å². The number of carbonyl (C=O) groups excluding carboxylic acids is 1. The van der Waals surface area contributed by atoms with Crippen molar-refractivity contribution in [3.8, 4) is 5.75 Å². The molecule has 1 aromatic heterocycles. The Bertz CT molecular complexity index is 734. The summed E-state index contributed by atoms with van der Waals surface area (Å²) < 4.78 is 6.56. The number of nitrogens with zero attached hydrogens (tertiary/aromatic N) is 1. The average Bonchev–Trinajstić information content (AvgIpc) is 2.86. The first-order valence-corrected chi connectivity index (χ1v) is 7.88. The van der Waals surface area contributed by atoms with Crippen LogP contribution >= 0.6 is 39.1 Å². The zero-order valence-corrected chi connectivity index (χ0v) is 13.9. The topological polar surface area (TPSA) is 39.2 Å². The third kappa shape index (κ3) is 3.07. The lowest BCUT2D eigenvalue weighted by atomic mass is 10.0. The molecule has 0 bridgehead atoms. The van der Waals surface area contributed by atoms with E-state index in [9.17, 15) is 4.79 Å². The largest absolute Gasteiger partial charge is 0.493 e. The second kappa shape index (κ2) is 5.95. The first-order chi connectivity index (χ1) is 10.0. The molecule has 0 saturated heterocycles. The van der Waals surface area contributed by atoms with E-state index in [2.05, 4.69) is 20.9 Å². The van der Waals surface area contributed by atoms with Crippen LogP contribution in [0.15, 0.2) is 28.9 Å². The molecule has 3 nitrogen and oxygen atoms in total. The third-order valence-electron chi connectivity index (χ3n) is 3.25. The van der Waals surface area contributed by atoms with Crippen LogP contribution in [0.3, 0.4) is 0 Å². The van der Waals surface area contributed by atoms with Crippen molar-refractivity contribution in [3.05, 3.63) is 55.7 Å². The molecule has 0 amide bonds. The quantitative estimate of drug-likeness (QED) is 0.728. The van der Waals surface area contributed by atoms with Gasteiger partial charge in [-0.1, -0.05) is 39.1 Å². The minimum Gasteiger partial charge on any atom is -0.493 e. The van der Waals surface area contributed by atoms with Crippen LogP contribution in [-0.4, -0.2) is 17.4 Å². The number of Topliss-reactive ketones (excluding diaryl/α,β-unsaturated/α-hetero) is 1. The van der Waals surface area contributed by atoms with Crippen LogP contribution in [0.25, 0.3) is 0 Å². The van der Waals surface area contributed by atoms with E-state index in [1.54, 1.807) is 0 Å². The summed E-state index contributed by atoms with van der Waals surface area (Å²) in [5.74, 6) is 0.643. The zero-order chi connectivity index (χ0) is 15.0. The Labute approximate surface area is 140 Å². The standard InChI is InChI=1S/C15H10BrCl2NO2/c16-10-3-8-1-2-21-15(8)9(4-10)5-13(20)14-12(18)6-11(17)7-19-14/h3-4,6-7H,1-2,5H2. The molecule has 1 aliphatic heterocycles. The summed E-state index contributed by atoms with van der Waals surface area (Å²) in [6, 6.07) is 5.43. The lowest BCUT2D eigenvalue weighted by Crippen LogP contribution is -2.08. The van der Waals surface area contributed by atoms with Gasteiger partial charge in [0.2, 0.25) is 0 Å². The second-order valence-corrected chi connectivity index (χ2v) is 6.49. The van der Waals surface area contributed by atoms with Crippen molar-refractivity contribution in [2.45, 2.75) is 12.8 Å². The Hall–Kier alpha value is -1.10. The van der Waals surface area contributed by atoms with E-state index in [1.807, 2.05) is 12.1 Å². The Morgan fingerprint density at radius 3 is 2.90 bits per heavy atom. The number of aromatic nitrogens is 1. The molecule has 108 valence electrons. The summed E-state index contributed by atoms with van der Waals surface area (Å²) in [6.07, 6.45) is 2.47. The monoisotopic (exact) mass is 385 g/mol. The van der Waals surface area contributed by atoms with Crippen molar-refractivity contribution in [2.24, 2.45) is 0 Å². The van der Waals surface area contributed by atoms with Crippen molar-refractivity contribution in [1.82, 2.24) is 4.98 Å². The molecule has 0 fully saturated rings. The van der Waals surface area contributed by atoms with Crippen LogP contribution in [0.5, 0.6) is 5.75 Å². The van der Waals surface area contributed by atoms with Crippen molar-refractivity contribution in [3.63, 3.8) is 0 Å². The van der Waals surface area contributed by atoms with Crippen LogP contribution in [0.1, 0.15) is 21.6 Å². The molecule has 2 aromatic rings. The number of fused-ring (bicyclic) bond motifs is 1. The highest BCUT2D eigenvalue weighted by Crippen LogP contribution is 2.34. The van der Waals surface area contributed by atoms with Gasteiger partial charge >= 0.3 is 0 Å². The second-order valence-electron chi connectivity index (χ2n) is 4.74. The lowest BCUT2D eigenvalue weighted by Gasteiger charge is -2.09. The predicted octanol–water partition coefficient (Wildman–Crippen LogP) is 4.51. The molecule has 3 rings (SSSR count). The fourth-order valence-corrected chi connectivity index (χ4v) is 3.39. The molecule has 21 heavy (non-hydrogen) atoms. The van der Waals surface area contributed by atoms with Crippen LogP contribution in [0.4, 0.5) is 0 Å². The minimum absolute atomic E-state index is 0.160. The van der Waals surface area contributed by atoms with Crippen molar-refractivity contribution in [2.75, 3.05) is 6.61 Å². The summed E-state index contributed by atoms with van der Waals surface area (Å²) >= 11 is 15.3. The summed E-state index contributed by atoms with van der Waals surface area (Å²) in [5.41, 5.74) is 2.19. The summed E-state index contributed by atoms with van der Waals surface area (Å²) in [5, 5.41) is 0.670. The number of hydrogen-bond donors (Lipinski definition) is 0. The molecule has 6 heteroatoms. The number of halogens is 3. The van der Waals surface area contributed by atoms with Gasteiger partial charge in [-0.2, -0.15) is 0 Å². The summed E-state index contributed by atoms with van der Waals surface area (Å²) in [6.45, 7) is 0.646. The molecule has 0 radical (unpaired) electrons. The number of ketones is 1. The zero-order valence-electron chi connectivity index (χ0n) is 10.8. The predicted molar refractivity (Wildman–Crippen MR) is 85.6 cm³/mol. The Morgan fingerprint density at radius 1 is 1.33 bits per heavy atom. The maximum absolute atomic E-state index is 12.4. The number of carbonyl (C=O) groups is 1. The van der Waals surface area contributed by atoms with Crippen LogP contribution in [0, 0.1) is 0 Å². The van der Waals surface area contributed by atoms with Crippen LogP contribution < -0.4 is 4.74 Å². The first-order valence-electron chi connectivity index (χ1n) is 6.33. The fourth-order valence-electron chi connectivity index (χ4n) is 2.35. The molecule has 0 saturated carbocycles. The smallest absolute Gasteiger partial charge is 0.187 e. The summed E-state index contributed by atoms with van der Waals surface area (Å²) in [4.78, 5) is 16.4. The van der Waals surface area contributed by atoms with E-state index in [1.165, 1.54) is 12.3 Å². The molecule has 0 atom stereocenters. The van der Waals surface area contributed by atoms with E-state index < -0.39 is 0 Å². The highest BCUT2D eigenvalue weighted by atomic mass is 79.9. The number of pyridine rings is 1. The third-order valence-corrected chi connectivity index (χ3v) is 4.20. The van der Waals surface area contributed by atoms with Gasteiger partial charge in [-0.05, 0) is 23.8 Å². The van der Waals surface area contributed by atoms with E-state index in [4.69, 9.17) is 27.9 Å². The molecule has 2 heterocycles. The van der Waals surface area contributed by atoms with Crippen molar-refractivity contribution >= 4 is 44.9 Å². The SMILES string of the molecule is O=C(Cc1cc(Br)cc2c1OCC2)c1ncc(Cl)cc1Cl. The van der Waals surface area contributed by atoms with Gasteiger partial charge < -0.3 is 4.74 Å². The molecular formula is C15H10BrCl2NO2. The van der Waals surface area contributed by atoms with Gasteiger partial charge in [0, 0.05) is 29.1 Å². The number of benzene rings is 1. The number of hydrogen-bond acceptors (Lipinski definition) is 3. The lowest BCUT2D eigenvalue weighted by molar-refractivity contribution is 0.0987. The highest BCUT2D eigenvalue weighted by molar-refractivity contribution is 9.10. The minimum atomic E-state index is -0.160. The summed E-state index contributed by atoms with van der Waals surface area (Å²) in [7, 11) is 0. The normalized spacial score (nSPS) is 12.9. The van der Waals surface area contributed by atoms with E-state index in [-0.39, 0.29) is 22.9 Å². The molecule has 0 aliphatic carbocycles. The number of rotatable bonds is 3.